The molecule has 0 aliphatic carbocycles. The molecular weight excluding hydrogens is 515 g/mol. The fourth-order valence-corrected chi connectivity index (χ4v) is 4.58. The van der Waals surface area contributed by atoms with Gasteiger partial charge >= 0.3 is 0 Å². The third kappa shape index (κ3) is 7.06. The van der Waals surface area contributed by atoms with Gasteiger partial charge in [0, 0.05) is 26.9 Å². The van der Waals surface area contributed by atoms with Gasteiger partial charge in [0.2, 0.25) is 0 Å². The van der Waals surface area contributed by atoms with E-state index in [1.165, 1.54) is 0 Å². The third-order valence-electron chi connectivity index (χ3n) is 5.50. The van der Waals surface area contributed by atoms with Crippen molar-refractivity contribution in [2.75, 3.05) is 34.9 Å². The van der Waals surface area contributed by atoms with E-state index in [1.807, 2.05) is 0 Å². The minimum Gasteiger partial charge on any atom is -0.467 e. The molecule has 1 aromatic rings. The molecule has 0 aromatic heterocycles. The minimum atomic E-state index is -2.00. The Kier molecular flexibility index (Phi) is 11.1. The van der Waals surface area contributed by atoms with Crippen LogP contribution in [-0.4, -0.2) is 43.2 Å². The summed E-state index contributed by atoms with van der Waals surface area (Å²) in [5.41, 5.74) is 1.83. The lowest BCUT2D eigenvalue weighted by atomic mass is 9.95. The third-order valence-corrected chi connectivity index (χ3v) is 10.8. The molecule has 0 bridgehead atoms. The van der Waals surface area contributed by atoms with Crippen LogP contribution in [0.4, 0.5) is 0 Å². The van der Waals surface area contributed by atoms with E-state index in [9.17, 15) is 0 Å². The lowest BCUT2D eigenvalue weighted by Gasteiger charge is -2.36. The van der Waals surface area contributed by atoms with E-state index in [4.69, 9.17) is 28.1 Å². The van der Waals surface area contributed by atoms with E-state index in [0.29, 0.717) is 18.1 Å². The summed E-state index contributed by atoms with van der Waals surface area (Å²) >= 11 is 2.29. The number of methoxy groups -OCH3 is 3. The second-order valence-electron chi connectivity index (χ2n) is 9.14. The number of rotatable bonds is 12. The zero-order valence-corrected chi connectivity index (χ0v) is 23.3. The van der Waals surface area contributed by atoms with Crippen LogP contribution in [0.2, 0.25) is 18.1 Å². The van der Waals surface area contributed by atoms with Gasteiger partial charge in [-0.05, 0) is 52.7 Å². The van der Waals surface area contributed by atoms with Gasteiger partial charge < -0.3 is 28.1 Å². The summed E-state index contributed by atoms with van der Waals surface area (Å²) in [5.74, 6) is 1.67. The number of hydrogen-bond acceptors (Lipinski definition) is 6. The molecule has 6 nitrogen and oxygen atoms in total. The average Bonchev–Trinajstić information content (AvgIpc) is 2.64. The van der Waals surface area contributed by atoms with Crippen molar-refractivity contribution in [2.45, 2.75) is 65.5 Å². The molecular formula is C22H39IO6Si. The lowest BCUT2D eigenvalue weighted by molar-refractivity contribution is 0.0332. The van der Waals surface area contributed by atoms with Gasteiger partial charge in [-0.25, -0.2) is 0 Å². The SMILES string of the molecule is COCOc1c(I)cc([C@@H](OC)C(C)C)c(OCOC)c1CO[Si](C)(C)C(C)(C)C. The highest BCUT2D eigenvalue weighted by Crippen LogP contribution is 2.44. The summed E-state index contributed by atoms with van der Waals surface area (Å²) in [6.07, 6.45) is -0.131. The summed E-state index contributed by atoms with van der Waals surface area (Å²) < 4.78 is 35.8. The quantitative estimate of drug-likeness (QED) is 0.176. The zero-order chi connectivity index (χ0) is 23.1. The standard InChI is InChI=1S/C22H39IO6Si/c1-15(2)19(26-8)16-11-18(23)21(28-14-25-7)17(20(16)27-13-24-6)12-29-30(9,10)22(3,4)5/h11,15,19H,12-14H2,1-10H3/t19-/m0/s1. The number of halogens is 1. The Morgan fingerprint density at radius 1 is 0.967 bits per heavy atom. The van der Waals surface area contributed by atoms with Gasteiger partial charge in [0.25, 0.3) is 0 Å². The summed E-state index contributed by atoms with van der Waals surface area (Å²) in [7, 11) is 2.94. The van der Waals surface area contributed by atoms with Crippen molar-refractivity contribution < 1.29 is 28.1 Å². The van der Waals surface area contributed by atoms with Crippen LogP contribution in [0.15, 0.2) is 6.07 Å². The number of hydrogen-bond donors (Lipinski definition) is 0. The molecule has 174 valence electrons. The van der Waals surface area contributed by atoms with E-state index in [-0.39, 0.29) is 30.6 Å². The largest absolute Gasteiger partial charge is 0.467 e. The molecule has 1 aromatic carbocycles. The maximum absolute atomic E-state index is 6.56. The monoisotopic (exact) mass is 554 g/mol. The van der Waals surface area contributed by atoms with Crippen LogP contribution < -0.4 is 9.47 Å². The first-order valence-corrected chi connectivity index (χ1v) is 14.1. The molecule has 0 saturated carbocycles. The van der Waals surface area contributed by atoms with Crippen molar-refractivity contribution in [3.05, 3.63) is 20.8 Å². The molecule has 0 amide bonds. The van der Waals surface area contributed by atoms with Crippen LogP contribution in [-0.2, 0) is 25.2 Å². The first-order valence-electron chi connectivity index (χ1n) is 10.2. The molecule has 0 radical (unpaired) electrons. The summed E-state index contributed by atoms with van der Waals surface area (Å²) in [5, 5.41) is 0.0891. The highest BCUT2D eigenvalue weighted by Gasteiger charge is 2.38. The fourth-order valence-electron chi connectivity index (χ4n) is 2.82. The molecule has 0 spiro atoms. The molecule has 8 heteroatoms. The molecule has 30 heavy (non-hydrogen) atoms. The number of benzene rings is 1. The van der Waals surface area contributed by atoms with Crippen molar-refractivity contribution >= 4 is 30.9 Å². The van der Waals surface area contributed by atoms with E-state index in [0.717, 1.165) is 14.7 Å². The number of ether oxygens (including phenoxy) is 5. The van der Waals surface area contributed by atoms with Crippen molar-refractivity contribution in [3.8, 4) is 11.5 Å². The molecule has 0 fully saturated rings. The second-order valence-corrected chi connectivity index (χ2v) is 15.1. The molecule has 0 aliphatic heterocycles. The van der Waals surface area contributed by atoms with Gasteiger partial charge in [-0.15, -0.1) is 0 Å². The summed E-state index contributed by atoms with van der Waals surface area (Å²) in [6.45, 7) is 16.1. The molecule has 0 unspecified atom stereocenters. The zero-order valence-electron chi connectivity index (χ0n) is 20.2. The molecule has 0 N–H and O–H groups in total. The van der Waals surface area contributed by atoms with Crippen molar-refractivity contribution in [1.29, 1.82) is 0 Å². The van der Waals surface area contributed by atoms with Crippen LogP contribution in [0, 0.1) is 9.49 Å². The van der Waals surface area contributed by atoms with Crippen molar-refractivity contribution in [3.63, 3.8) is 0 Å². The van der Waals surface area contributed by atoms with Crippen LogP contribution in [0.1, 0.15) is 51.8 Å². The molecule has 1 rings (SSSR count). The first-order chi connectivity index (χ1) is 13.9. The maximum Gasteiger partial charge on any atom is 0.192 e. The average molecular weight is 555 g/mol. The maximum atomic E-state index is 6.56. The van der Waals surface area contributed by atoms with Gasteiger partial charge in [0.05, 0.1) is 21.8 Å². The highest BCUT2D eigenvalue weighted by atomic mass is 127. The fraction of sp³-hybridized carbons (Fsp3) is 0.727. The van der Waals surface area contributed by atoms with Gasteiger partial charge in [0.1, 0.15) is 11.5 Å². The molecule has 0 saturated heterocycles. The highest BCUT2D eigenvalue weighted by molar-refractivity contribution is 14.1. The smallest absolute Gasteiger partial charge is 0.192 e. The van der Waals surface area contributed by atoms with Gasteiger partial charge in [0.15, 0.2) is 21.9 Å². The van der Waals surface area contributed by atoms with Crippen LogP contribution >= 0.6 is 22.6 Å². The Morgan fingerprint density at radius 2 is 1.50 bits per heavy atom. The Bertz CT molecular complexity index is 673. The molecule has 0 heterocycles. The predicted octanol–water partition coefficient (Wildman–Crippen LogP) is 6.12. The lowest BCUT2D eigenvalue weighted by Crippen LogP contribution is -2.40. The van der Waals surface area contributed by atoms with E-state index < -0.39 is 8.32 Å². The summed E-state index contributed by atoms with van der Waals surface area (Å²) in [4.78, 5) is 0. The van der Waals surface area contributed by atoms with E-state index >= 15 is 0 Å². The van der Waals surface area contributed by atoms with Crippen LogP contribution in [0.5, 0.6) is 11.5 Å². The Labute approximate surface area is 197 Å². The van der Waals surface area contributed by atoms with Gasteiger partial charge in [-0.2, -0.15) is 0 Å². The van der Waals surface area contributed by atoms with E-state index in [1.54, 1.807) is 21.3 Å². The van der Waals surface area contributed by atoms with E-state index in [2.05, 4.69) is 76.4 Å². The van der Waals surface area contributed by atoms with Crippen LogP contribution in [0.3, 0.4) is 0 Å². The van der Waals surface area contributed by atoms with Crippen molar-refractivity contribution in [2.24, 2.45) is 5.92 Å². The second kappa shape index (κ2) is 12.0. The minimum absolute atomic E-state index is 0.0891. The molecule has 0 aliphatic rings. The Balaban J connectivity index is 3.61. The molecule has 1 atom stereocenters. The van der Waals surface area contributed by atoms with Crippen LogP contribution in [0.25, 0.3) is 0 Å². The summed E-state index contributed by atoms with van der Waals surface area (Å²) in [6, 6.07) is 2.06. The Morgan fingerprint density at radius 3 is 1.93 bits per heavy atom. The Hall–Kier alpha value is -0.393. The predicted molar refractivity (Wildman–Crippen MR) is 131 cm³/mol. The topological polar surface area (TPSA) is 55.4 Å². The van der Waals surface area contributed by atoms with Gasteiger partial charge in [-0.3, -0.25) is 0 Å². The van der Waals surface area contributed by atoms with Gasteiger partial charge in [-0.1, -0.05) is 34.6 Å². The first kappa shape index (κ1) is 27.6. The van der Waals surface area contributed by atoms with Crippen molar-refractivity contribution in [1.82, 2.24) is 0 Å². The normalized spacial score (nSPS) is 13.6.